The van der Waals surface area contributed by atoms with Crippen LogP contribution in [0.1, 0.15) is 12.6 Å². The molecule has 0 radical (unpaired) electrons. The van der Waals surface area contributed by atoms with Crippen LogP contribution in [0.2, 0.25) is 0 Å². The first kappa shape index (κ1) is 10.3. The molecule has 0 saturated carbocycles. The average Bonchev–Trinajstić information content (AvgIpc) is 2.24. The summed E-state index contributed by atoms with van der Waals surface area (Å²) in [6, 6.07) is 3.24. The van der Waals surface area contributed by atoms with Crippen molar-refractivity contribution in [2.45, 2.75) is 13.3 Å². The van der Waals surface area contributed by atoms with E-state index >= 15 is 0 Å². The zero-order chi connectivity index (χ0) is 11.0. The highest BCUT2D eigenvalue weighted by Crippen LogP contribution is 2.21. The molecule has 0 aliphatic carbocycles. The summed E-state index contributed by atoms with van der Waals surface area (Å²) in [6.45, 7) is 1.83. The van der Waals surface area contributed by atoms with Crippen molar-refractivity contribution >= 4 is 27.0 Å². The Bertz CT molecular complexity index is 579. The Labute approximate surface area is 93.5 Å². The van der Waals surface area contributed by atoms with Gasteiger partial charge in [0.2, 0.25) is 0 Å². The van der Waals surface area contributed by atoms with Crippen LogP contribution in [0.3, 0.4) is 0 Å². The van der Waals surface area contributed by atoms with Crippen LogP contribution in [0.15, 0.2) is 21.4 Å². The van der Waals surface area contributed by atoms with Gasteiger partial charge in [0.05, 0.1) is 9.99 Å². The Kier molecular flexibility index (Phi) is 2.56. The summed E-state index contributed by atoms with van der Waals surface area (Å²) >= 11 is 3.05. The summed E-state index contributed by atoms with van der Waals surface area (Å²) in [5.74, 6) is -0.486. The number of aryl methyl sites for hydroxylation is 1. The first-order valence-corrected chi connectivity index (χ1v) is 5.29. The summed E-state index contributed by atoms with van der Waals surface area (Å²) in [7, 11) is 0. The zero-order valence-corrected chi connectivity index (χ0v) is 9.56. The van der Waals surface area contributed by atoms with Crippen molar-refractivity contribution in [1.82, 2.24) is 9.97 Å². The second-order valence-corrected chi connectivity index (χ2v) is 3.98. The molecule has 0 aliphatic heterocycles. The minimum Gasteiger partial charge on any atom is -0.317 e. The molecule has 0 bridgehead atoms. The number of aromatic nitrogens is 2. The fourth-order valence-corrected chi connectivity index (χ4v) is 1.70. The van der Waals surface area contributed by atoms with E-state index in [0.717, 1.165) is 0 Å². The molecule has 2 aromatic rings. The van der Waals surface area contributed by atoms with Crippen molar-refractivity contribution in [2.24, 2.45) is 0 Å². The molecular formula is C10H8BrFN2O. The number of H-pyrrole nitrogens is 1. The van der Waals surface area contributed by atoms with Crippen LogP contribution in [0.25, 0.3) is 11.0 Å². The lowest BCUT2D eigenvalue weighted by atomic mass is 10.2. The van der Waals surface area contributed by atoms with Crippen molar-refractivity contribution in [1.29, 1.82) is 0 Å². The van der Waals surface area contributed by atoms with Gasteiger partial charge < -0.3 is 4.98 Å². The Hall–Kier alpha value is -1.23. The first-order valence-electron chi connectivity index (χ1n) is 4.50. The van der Waals surface area contributed by atoms with Crippen LogP contribution in [0.5, 0.6) is 0 Å². The van der Waals surface area contributed by atoms with E-state index in [1.54, 1.807) is 12.1 Å². The van der Waals surface area contributed by atoms with Gasteiger partial charge in [-0.3, -0.25) is 4.79 Å². The molecule has 0 amide bonds. The average molecular weight is 271 g/mol. The summed E-state index contributed by atoms with van der Waals surface area (Å²) in [6.07, 6.45) is 0.531. The van der Waals surface area contributed by atoms with E-state index in [-0.39, 0.29) is 11.1 Å². The highest BCUT2D eigenvalue weighted by molar-refractivity contribution is 9.10. The van der Waals surface area contributed by atoms with Crippen LogP contribution in [0, 0.1) is 5.82 Å². The standard InChI is InChI=1S/C10H8BrFN2O/c1-2-6-10(15)14-9-7(13-6)4-3-5(11)8(9)12/h3-4H,2H2,1H3,(H,14,15). The predicted octanol–water partition coefficient (Wildman–Crippen LogP) is 2.39. The molecule has 1 aromatic carbocycles. The second-order valence-electron chi connectivity index (χ2n) is 3.12. The lowest BCUT2D eigenvalue weighted by molar-refractivity contribution is 0.629. The summed E-state index contributed by atoms with van der Waals surface area (Å²) in [5.41, 5.74) is 0.699. The maximum absolute atomic E-state index is 13.6. The molecule has 1 heterocycles. The molecule has 0 spiro atoms. The topological polar surface area (TPSA) is 45.8 Å². The van der Waals surface area contributed by atoms with E-state index in [2.05, 4.69) is 25.9 Å². The number of hydrogen-bond acceptors (Lipinski definition) is 2. The molecule has 1 N–H and O–H groups in total. The first-order chi connectivity index (χ1) is 7.13. The third kappa shape index (κ3) is 1.67. The summed E-state index contributed by atoms with van der Waals surface area (Å²) in [5, 5.41) is 0. The second kappa shape index (κ2) is 3.73. The van der Waals surface area contributed by atoms with Gasteiger partial charge in [-0.2, -0.15) is 0 Å². The molecule has 15 heavy (non-hydrogen) atoms. The zero-order valence-electron chi connectivity index (χ0n) is 7.97. The van der Waals surface area contributed by atoms with Gasteiger partial charge in [-0.15, -0.1) is 0 Å². The number of aromatic amines is 1. The molecule has 1 aromatic heterocycles. The van der Waals surface area contributed by atoms with Gasteiger partial charge in [0.25, 0.3) is 5.56 Å². The fourth-order valence-electron chi connectivity index (χ4n) is 1.37. The highest BCUT2D eigenvalue weighted by atomic mass is 79.9. The number of benzene rings is 1. The van der Waals surface area contributed by atoms with Crippen molar-refractivity contribution in [3.8, 4) is 0 Å². The number of nitrogens with zero attached hydrogens (tertiary/aromatic N) is 1. The van der Waals surface area contributed by atoms with Gasteiger partial charge in [0.1, 0.15) is 11.2 Å². The van der Waals surface area contributed by atoms with Gasteiger partial charge in [-0.05, 0) is 34.5 Å². The summed E-state index contributed by atoms with van der Waals surface area (Å²) in [4.78, 5) is 18.0. The SMILES string of the molecule is CCc1nc2ccc(Br)c(F)c2[nH]c1=O. The van der Waals surface area contributed by atoms with Crippen molar-refractivity contribution < 1.29 is 4.39 Å². The molecule has 78 valence electrons. The molecule has 5 heteroatoms. The normalized spacial score (nSPS) is 10.9. The van der Waals surface area contributed by atoms with E-state index < -0.39 is 5.82 Å². The maximum atomic E-state index is 13.6. The van der Waals surface area contributed by atoms with Crippen LogP contribution in [-0.4, -0.2) is 9.97 Å². The maximum Gasteiger partial charge on any atom is 0.270 e. The van der Waals surface area contributed by atoms with E-state index in [9.17, 15) is 9.18 Å². The van der Waals surface area contributed by atoms with Gasteiger partial charge in [0, 0.05) is 0 Å². The Morgan fingerprint density at radius 2 is 2.27 bits per heavy atom. The van der Waals surface area contributed by atoms with E-state index in [0.29, 0.717) is 22.1 Å². The van der Waals surface area contributed by atoms with E-state index in [1.807, 2.05) is 6.92 Å². The molecule has 0 atom stereocenters. The lowest BCUT2D eigenvalue weighted by Gasteiger charge is -2.02. The number of hydrogen-bond donors (Lipinski definition) is 1. The smallest absolute Gasteiger partial charge is 0.270 e. The molecule has 0 fully saturated rings. The Balaban J connectivity index is 2.87. The molecular weight excluding hydrogens is 263 g/mol. The van der Waals surface area contributed by atoms with Gasteiger partial charge >= 0.3 is 0 Å². The van der Waals surface area contributed by atoms with Gasteiger partial charge in [-0.1, -0.05) is 6.92 Å². The molecule has 0 unspecified atom stereocenters. The van der Waals surface area contributed by atoms with E-state index in [4.69, 9.17) is 0 Å². The van der Waals surface area contributed by atoms with Crippen molar-refractivity contribution in [2.75, 3.05) is 0 Å². The quantitative estimate of drug-likeness (QED) is 0.865. The molecule has 0 saturated heterocycles. The van der Waals surface area contributed by atoms with Gasteiger partial charge in [-0.25, -0.2) is 9.37 Å². The third-order valence-corrected chi connectivity index (χ3v) is 2.78. The number of nitrogens with one attached hydrogen (secondary N) is 1. The fraction of sp³-hybridized carbons (Fsp3) is 0.200. The minimum atomic E-state index is -0.486. The predicted molar refractivity (Wildman–Crippen MR) is 59.4 cm³/mol. The Morgan fingerprint density at radius 3 is 2.93 bits per heavy atom. The van der Waals surface area contributed by atoms with E-state index in [1.165, 1.54) is 0 Å². The largest absolute Gasteiger partial charge is 0.317 e. The highest BCUT2D eigenvalue weighted by Gasteiger charge is 2.09. The van der Waals surface area contributed by atoms with Gasteiger partial charge in [0.15, 0.2) is 5.82 Å². The molecule has 3 nitrogen and oxygen atoms in total. The lowest BCUT2D eigenvalue weighted by Crippen LogP contribution is -2.14. The number of fused-ring (bicyclic) bond motifs is 1. The van der Waals surface area contributed by atoms with Crippen LogP contribution in [-0.2, 0) is 6.42 Å². The Morgan fingerprint density at radius 1 is 1.53 bits per heavy atom. The molecule has 2 rings (SSSR count). The van der Waals surface area contributed by atoms with Crippen LogP contribution < -0.4 is 5.56 Å². The third-order valence-electron chi connectivity index (χ3n) is 2.16. The van der Waals surface area contributed by atoms with Crippen LogP contribution >= 0.6 is 15.9 Å². The number of halogens is 2. The number of rotatable bonds is 1. The van der Waals surface area contributed by atoms with Crippen LogP contribution in [0.4, 0.5) is 4.39 Å². The van der Waals surface area contributed by atoms with Crippen molar-refractivity contribution in [3.63, 3.8) is 0 Å². The van der Waals surface area contributed by atoms with Crippen molar-refractivity contribution in [3.05, 3.63) is 38.5 Å². The molecule has 0 aliphatic rings. The summed E-state index contributed by atoms with van der Waals surface area (Å²) < 4.78 is 13.9. The minimum absolute atomic E-state index is 0.145. The monoisotopic (exact) mass is 270 g/mol.